The molecule has 1 aliphatic rings. The number of ether oxygens (including phenoxy) is 1. The molecule has 0 aromatic rings. The first-order valence-corrected chi connectivity index (χ1v) is 11.3. The molecule has 0 spiro atoms. The van der Waals surface area contributed by atoms with Gasteiger partial charge in [-0.05, 0) is 83.2 Å². The third kappa shape index (κ3) is 9.20. The monoisotopic (exact) mass is 436 g/mol. The van der Waals surface area contributed by atoms with Crippen LogP contribution in [-0.2, 0) is 4.74 Å². The molecule has 1 aliphatic carbocycles. The molecule has 7 heteroatoms. The van der Waals surface area contributed by atoms with Gasteiger partial charge in [0.2, 0.25) is 0 Å². The lowest BCUT2D eigenvalue weighted by molar-refractivity contribution is 0.112. The topological polar surface area (TPSA) is 91.9 Å². The summed E-state index contributed by atoms with van der Waals surface area (Å²) in [5.74, 6) is 0.927. The maximum absolute atomic E-state index is 10.8. The van der Waals surface area contributed by atoms with Gasteiger partial charge in [0.05, 0.1) is 5.70 Å². The molecule has 0 amide bonds. The summed E-state index contributed by atoms with van der Waals surface area (Å²) in [7, 11) is 0. The Morgan fingerprint density at radius 1 is 1.33 bits per heavy atom. The van der Waals surface area contributed by atoms with E-state index in [4.69, 9.17) is 22.7 Å². The van der Waals surface area contributed by atoms with E-state index in [2.05, 4.69) is 29.5 Å². The van der Waals surface area contributed by atoms with Crippen LogP contribution in [0, 0.1) is 0 Å². The summed E-state index contributed by atoms with van der Waals surface area (Å²) in [6.07, 6.45) is 9.47. The van der Waals surface area contributed by atoms with Gasteiger partial charge in [-0.2, -0.15) is 0 Å². The molecule has 0 bridgehead atoms. The van der Waals surface area contributed by atoms with E-state index in [0.717, 1.165) is 49.7 Å². The molecule has 0 aliphatic heterocycles. The Bertz CT molecular complexity index is 696. The SMILES string of the molecule is CC/C=C/N=C(NC[C@H](NC(=S)OC(C)(C)C)C(O)=C1CCC1)\C(N)=C(/C)CCC. The summed E-state index contributed by atoms with van der Waals surface area (Å²) < 4.78 is 5.74. The molecule has 1 saturated carbocycles. The predicted molar refractivity (Wildman–Crippen MR) is 131 cm³/mol. The maximum Gasteiger partial charge on any atom is 0.257 e. The molecule has 1 fully saturated rings. The number of aliphatic imine (C=N–C) groups is 1. The largest absolute Gasteiger partial charge is 0.510 e. The van der Waals surface area contributed by atoms with E-state index in [-0.39, 0.29) is 5.17 Å². The number of nitrogens with zero attached hydrogens (tertiary/aromatic N) is 1. The summed E-state index contributed by atoms with van der Waals surface area (Å²) in [6.45, 7) is 12.4. The lowest BCUT2D eigenvalue weighted by Gasteiger charge is -2.29. The zero-order chi connectivity index (χ0) is 22.7. The zero-order valence-corrected chi connectivity index (χ0v) is 20.3. The average molecular weight is 437 g/mol. The quantitative estimate of drug-likeness (QED) is 0.176. The minimum Gasteiger partial charge on any atom is -0.510 e. The van der Waals surface area contributed by atoms with Crippen molar-refractivity contribution < 1.29 is 9.84 Å². The van der Waals surface area contributed by atoms with Crippen LogP contribution < -0.4 is 16.4 Å². The third-order valence-electron chi connectivity index (χ3n) is 4.70. The Morgan fingerprint density at radius 3 is 2.50 bits per heavy atom. The van der Waals surface area contributed by atoms with Gasteiger partial charge in [0, 0.05) is 12.7 Å². The molecular weight excluding hydrogens is 396 g/mol. The van der Waals surface area contributed by atoms with Gasteiger partial charge in [0.1, 0.15) is 23.2 Å². The average Bonchev–Trinajstić information content (AvgIpc) is 2.60. The van der Waals surface area contributed by atoms with Crippen LogP contribution >= 0.6 is 12.2 Å². The van der Waals surface area contributed by atoms with Crippen LogP contribution in [0.2, 0.25) is 0 Å². The molecule has 0 aromatic carbocycles. The second-order valence-corrected chi connectivity index (χ2v) is 9.01. The fourth-order valence-electron chi connectivity index (χ4n) is 2.88. The lowest BCUT2D eigenvalue weighted by Crippen LogP contribution is -2.47. The van der Waals surface area contributed by atoms with Gasteiger partial charge in [-0.25, -0.2) is 4.99 Å². The molecule has 0 radical (unpaired) electrons. The van der Waals surface area contributed by atoms with Crippen molar-refractivity contribution in [1.29, 1.82) is 0 Å². The highest BCUT2D eigenvalue weighted by molar-refractivity contribution is 7.80. The van der Waals surface area contributed by atoms with Gasteiger partial charge in [-0.15, -0.1) is 0 Å². The number of amidine groups is 1. The van der Waals surface area contributed by atoms with Crippen LogP contribution in [0.4, 0.5) is 0 Å². The van der Waals surface area contributed by atoms with E-state index < -0.39 is 11.6 Å². The summed E-state index contributed by atoms with van der Waals surface area (Å²) in [4.78, 5) is 4.52. The number of allylic oxidation sites excluding steroid dienone is 3. The smallest absolute Gasteiger partial charge is 0.257 e. The Hall–Kier alpha value is -2.02. The zero-order valence-electron chi connectivity index (χ0n) is 19.5. The Balaban J connectivity index is 3.04. The van der Waals surface area contributed by atoms with Crippen LogP contribution in [0.3, 0.4) is 0 Å². The molecule has 1 rings (SSSR count). The fraction of sp³-hybridized carbons (Fsp3) is 0.652. The van der Waals surface area contributed by atoms with Crippen LogP contribution in [0.15, 0.2) is 39.9 Å². The van der Waals surface area contributed by atoms with Crippen molar-refractivity contribution in [2.75, 3.05) is 6.54 Å². The van der Waals surface area contributed by atoms with Crippen molar-refractivity contribution in [2.45, 2.75) is 91.7 Å². The fourth-order valence-corrected chi connectivity index (χ4v) is 3.27. The standard InChI is InChI=1S/C23H40N4O2S/c1-7-9-14-25-21(19(24)16(3)11-8-2)26-15-18(20(28)17-12-10-13-17)27-22(30)29-23(4,5)6/h9,14,18,28H,7-8,10-13,15,24H2,1-6H3,(H,25,26)(H,27,30)/b14-9+,19-16-/t18-/m0/s1. The van der Waals surface area contributed by atoms with Crippen LogP contribution in [-0.4, -0.2) is 34.3 Å². The number of nitrogens with one attached hydrogen (secondary N) is 2. The maximum atomic E-state index is 10.8. The molecular formula is C23H40N4O2S. The molecule has 170 valence electrons. The van der Waals surface area contributed by atoms with Gasteiger partial charge < -0.3 is 26.2 Å². The molecule has 1 atom stereocenters. The number of nitrogens with two attached hydrogens (primary N) is 1. The van der Waals surface area contributed by atoms with Gasteiger partial charge in [-0.3, -0.25) is 0 Å². The summed E-state index contributed by atoms with van der Waals surface area (Å²) in [5.41, 5.74) is 8.75. The summed E-state index contributed by atoms with van der Waals surface area (Å²) >= 11 is 5.36. The molecule has 30 heavy (non-hydrogen) atoms. The number of thiocarbonyl (C=S) groups is 1. The van der Waals surface area contributed by atoms with Crippen molar-refractivity contribution in [2.24, 2.45) is 10.7 Å². The van der Waals surface area contributed by atoms with Crippen LogP contribution in [0.5, 0.6) is 0 Å². The van der Waals surface area contributed by atoms with E-state index in [1.54, 1.807) is 6.20 Å². The van der Waals surface area contributed by atoms with Crippen molar-refractivity contribution in [3.8, 4) is 0 Å². The van der Waals surface area contributed by atoms with Crippen LogP contribution in [0.25, 0.3) is 0 Å². The number of hydrogen-bond acceptors (Lipinski definition) is 5. The highest BCUT2D eigenvalue weighted by atomic mass is 32.1. The number of aliphatic hydroxyl groups is 1. The second-order valence-electron chi connectivity index (χ2n) is 8.64. The van der Waals surface area contributed by atoms with E-state index >= 15 is 0 Å². The van der Waals surface area contributed by atoms with Crippen molar-refractivity contribution in [3.05, 3.63) is 34.9 Å². The molecule has 0 aromatic heterocycles. The van der Waals surface area contributed by atoms with E-state index in [1.165, 1.54) is 0 Å². The second kappa shape index (κ2) is 12.6. The van der Waals surface area contributed by atoms with Gasteiger partial charge in [0.25, 0.3) is 5.17 Å². The van der Waals surface area contributed by atoms with Crippen molar-refractivity contribution >= 4 is 23.2 Å². The van der Waals surface area contributed by atoms with E-state index in [1.807, 2.05) is 33.8 Å². The summed E-state index contributed by atoms with van der Waals surface area (Å²) in [5, 5.41) is 17.5. The Morgan fingerprint density at radius 2 is 2.00 bits per heavy atom. The highest BCUT2D eigenvalue weighted by Crippen LogP contribution is 2.29. The lowest BCUT2D eigenvalue weighted by atomic mass is 9.89. The van der Waals surface area contributed by atoms with E-state index in [0.29, 0.717) is 23.8 Å². The third-order valence-corrected chi connectivity index (χ3v) is 4.90. The predicted octanol–water partition coefficient (Wildman–Crippen LogP) is 4.99. The summed E-state index contributed by atoms with van der Waals surface area (Å²) in [6, 6.07) is -0.421. The van der Waals surface area contributed by atoms with Crippen LogP contribution in [0.1, 0.15) is 80.1 Å². The number of aliphatic hydroxyl groups excluding tert-OH is 1. The number of rotatable bonds is 9. The van der Waals surface area contributed by atoms with E-state index in [9.17, 15) is 5.11 Å². The van der Waals surface area contributed by atoms with Crippen molar-refractivity contribution in [1.82, 2.24) is 10.6 Å². The van der Waals surface area contributed by atoms with Gasteiger partial charge >= 0.3 is 0 Å². The van der Waals surface area contributed by atoms with Gasteiger partial charge in [-0.1, -0.05) is 26.3 Å². The number of hydrogen-bond donors (Lipinski definition) is 4. The highest BCUT2D eigenvalue weighted by Gasteiger charge is 2.25. The first kappa shape index (κ1) is 26.0. The van der Waals surface area contributed by atoms with Crippen molar-refractivity contribution in [3.63, 3.8) is 0 Å². The molecule has 0 unspecified atom stereocenters. The first-order valence-electron chi connectivity index (χ1n) is 10.9. The minimum atomic E-state index is -0.421. The normalized spacial score (nSPS) is 16.6. The first-order chi connectivity index (χ1) is 14.1. The van der Waals surface area contributed by atoms with Gasteiger partial charge in [0.15, 0.2) is 0 Å². The minimum absolute atomic E-state index is 0.260. The molecule has 0 heterocycles. The Labute approximate surface area is 187 Å². The Kier molecular flexibility index (Phi) is 10.9. The molecule has 0 saturated heterocycles. The molecule has 5 N–H and O–H groups in total. The molecule has 6 nitrogen and oxygen atoms in total.